The number of ether oxygens (including phenoxy) is 2. The highest BCUT2D eigenvalue weighted by Gasteiger charge is 2.62. The van der Waals surface area contributed by atoms with E-state index in [9.17, 15) is 14.7 Å². The van der Waals surface area contributed by atoms with E-state index in [0.29, 0.717) is 30.4 Å². The summed E-state index contributed by atoms with van der Waals surface area (Å²) in [7, 11) is 0. The lowest BCUT2D eigenvalue weighted by Crippen LogP contribution is -2.52. The van der Waals surface area contributed by atoms with Crippen LogP contribution in [0.25, 0.3) is 0 Å². The van der Waals surface area contributed by atoms with Crippen LogP contribution < -0.4 is 0 Å². The van der Waals surface area contributed by atoms with E-state index in [4.69, 9.17) is 9.47 Å². The van der Waals surface area contributed by atoms with Gasteiger partial charge in [0.15, 0.2) is 5.60 Å². The van der Waals surface area contributed by atoms with Crippen molar-refractivity contribution in [2.75, 3.05) is 6.61 Å². The highest BCUT2D eigenvalue weighted by molar-refractivity contribution is 5.92. The van der Waals surface area contributed by atoms with Crippen LogP contribution in [0.1, 0.15) is 59.8 Å². The molecule has 0 saturated heterocycles. The van der Waals surface area contributed by atoms with Gasteiger partial charge in [-0.15, -0.1) is 0 Å². The van der Waals surface area contributed by atoms with Crippen LogP contribution in [-0.4, -0.2) is 29.3 Å². The Kier molecular flexibility index (Phi) is 5.41. The average molecular weight is 413 g/mol. The molecule has 1 N–H and O–H groups in total. The van der Waals surface area contributed by atoms with Crippen molar-refractivity contribution in [3.63, 3.8) is 0 Å². The molecule has 1 fully saturated rings. The molecular weight excluding hydrogens is 380 g/mol. The molecule has 5 unspecified atom stereocenters. The summed E-state index contributed by atoms with van der Waals surface area (Å²) in [5.41, 5.74) is 2.62. The lowest BCUT2D eigenvalue weighted by Gasteiger charge is -2.46. The van der Waals surface area contributed by atoms with E-state index in [1.54, 1.807) is 6.92 Å². The Morgan fingerprint density at radius 2 is 2.03 bits per heavy atom. The summed E-state index contributed by atoms with van der Waals surface area (Å²) in [6.45, 7) is 8.50. The first-order valence-electron chi connectivity index (χ1n) is 11.1. The quantitative estimate of drug-likeness (QED) is 0.511. The highest BCUT2D eigenvalue weighted by atomic mass is 16.6. The number of carbonyl (C=O) groups is 2. The van der Waals surface area contributed by atoms with Crippen LogP contribution in [0.5, 0.6) is 0 Å². The number of carbonyl (C=O) groups excluding carboxylic acids is 2. The molecule has 1 saturated carbocycles. The minimum Gasteiger partial charge on any atom is -0.507 e. The summed E-state index contributed by atoms with van der Waals surface area (Å²) in [6.07, 6.45) is 10.8. The number of rotatable bonds is 5. The van der Waals surface area contributed by atoms with Crippen molar-refractivity contribution in [3.8, 4) is 0 Å². The number of hydrogen-bond donors (Lipinski definition) is 1. The molecule has 0 aromatic rings. The predicted molar refractivity (Wildman–Crippen MR) is 113 cm³/mol. The van der Waals surface area contributed by atoms with Gasteiger partial charge in [-0.1, -0.05) is 30.2 Å². The second-order valence-electron chi connectivity index (χ2n) is 9.47. The van der Waals surface area contributed by atoms with Gasteiger partial charge in [0.05, 0.1) is 5.57 Å². The van der Waals surface area contributed by atoms with E-state index in [1.165, 1.54) is 11.1 Å². The van der Waals surface area contributed by atoms with Crippen LogP contribution in [0.4, 0.5) is 0 Å². The molecule has 4 aliphatic rings. The van der Waals surface area contributed by atoms with Crippen molar-refractivity contribution in [1.82, 2.24) is 0 Å². The van der Waals surface area contributed by atoms with Crippen LogP contribution in [0.15, 0.2) is 46.3 Å². The molecule has 0 amide bonds. The van der Waals surface area contributed by atoms with E-state index in [-0.39, 0.29) is 23.6 Å². The number of esters is 2. The summed E-state index contributed by atoms with van der Waals surface area (Å²) < 4.78 is 11.0. The molecule has 5 atom stereocenters. The van der Waals surface area contributed by atoms with Crippen molar-refractivity contribution in [1.29, 1.82) is 0 Å². The van der Waals surface area contributed by atoms with Crippen molar-refractivity contribution in [2.45, 2.75) is 65.4 Å². The normalized spacial score (nSPS) is 36.1. The predicted octanol–water partition coefficient (Wildman–Crippen LogP) is 4.95. The third kappa shape index (κ3) is 3.23. The van der Waals surface area contributed by atoms with Crippen molar-refractivity contribution >= 4 is 11.9 Å². The summed E-state index contributed by atoms with van der Waals surface area (Å²) >= 11 is 0. The number of allylic oxidation sites excluding steroid dienone is 2. The Bertz CT molecular complexity index is 889. The fourth-order valence-electron chi connectivity index (χ4n) is 6.02. The Balaban J connectivity index is 1.61. The zero-order valence-electron chi connectivity index (χ0n) is 18.4. The standard InChI is InChI=1S/C25H32O5/c1-14(6-5-7-18-10-11-29-24(18)28)12-19-13-16(3)20-9-8-15(2)21(20)25(19)22(26)17(4)23(27)30-25/h10,12-13,15,19-21,26H,5-9,11H2,1-4H3. The topological polar surface area (TPSA) is 72.8 Å². The zero-order valence-corrected chi connectivity index (χ0v) is 18.4. The maximum atomic E-state index is 12.5. The second kappa shape index (κ2) is 7.75. The first-order chi connectivity index (χ1) is 14.3. The number of cyclic esters (lactones) is 1. The zero-order chi connectivity index (χ0) is 21.6. The van der Waals surface area contributed by atoms with Crippen LogP contribution in [0.2, 0.25) is 0 Å². The average Bonchev–Trinajstić information content (AvgIpc) is 3.35. The molecule has 30 heavy (non-hydrogen) atoms. The van der Waals surface area contributed by atoms with Gasteiger partial charge in [0.1, 0.15) is 12.4 Å². The smallest absolute Gasteiger partial charge is 0.338 e. The van der Waals surface area contributed by atoms with E-state index in [1.807, 2.05) is 6.08 Å². The third-order valence-corrected chi connectivity index (χ3v) is 7.58. The van der Waals surface area contributed by atoms with Gasteiger partial charge < -0.3 is 14.6 Å². The van der Waals surface area contributed by atoms with Gasteiger partial charge >= 0.3 is 11.9 Å². The SMILES string of the molecule is CC(=CC1C=C(C)C2CCC(C)C2C12OC(=O)C(C)=C2O)CCCC1=CCOC1=O. The number of hydrogen-bond acceptors (Lipinski definition) is 5. The van der Waals surface area contributed by atoms with Crippen molar-refractivity contribution in [3.05, 3.63) is 46.3 Å². The molecule has 2 aliphatic heterocycles. The molecule has 1 spiro atoms. The Labute approximate surface area is 178 Å². The van der Waals surface area contributed by atoms with Crippen molar-refractivity contribution in [2.24, 2.45) is 23.7 Å². The minimum atomic E-state index is -0.986. The van der Waals surface area contributed by atoms with Gasteiger partial charge in [-0.3, -0.25) is 0 Å². The van der Waals surface area contributed by atoms with Gasteiger partial charge in [0, 0.05) is 17.4 Å². The molecule has 162 valence electrons. The van der Waals surface area contributed by atoms with E-state index >= 15 is 0 Å². The van der Waals surface area contributed by atoms with E-state index < -0.39 is 11.6 Å². The lowest BCUT2D eigenvalue weighted by atomic mass is 9.62. The molecule has 5 heteroatoms. The third-order valence-electron chi connectivity index (χ3n) is 7.58. The molecule has 0 bridgehead atoms. The highest BCUT2D eigenvalue weighted by Crippen LogP contribution is 2.58. The summed E-state index contributed by atoms with van der Waals surface area (Å²) in [6, 6.07) is 0. The van der Waals surface area contributed by atoms with Crippen LogP contribution in [0.3, 0.4) is 0 Å². The second-order valence-corrected chi connectivity index (χ2v) is 9.47. The largest absolute Gasteiger partial charge is 0.507 e. The molecule has 0 aromatic carbocycles. The fraction of sp³-hybridized carbons (Fsp3) is 0.600. The summed E-state index contributed by atoms with van der Waals surface area (Å²) in [5.74, 6) is 0.134. The van der Waals surface area contributed by atoms with Crippen LogP contribution in [0, 0.1) is 23.7 Å². The van der Waals surface area contributed by atoms with Crippen molar-refractivity contribution < 1.29 is 24.2 Å². The molecule has 2 aliphatic carbocycles. The Hall–Kier alpha value is -2.30. The molecule has 0 radical (unpaired) electrons. The molecular formula is C25H32O5. The van der Waals surface area contributed by atoms with Gasteiger partial charge in [-0.2, -0.15) is 0 Å². The number of aliphatic hydroxyl groups excluding tert-OH is 1. The maximum absolute atomic E-state index is 12.5. The molecule has 5 nitrogen and oxygen atoms in total. The first-order valence-corrected chi connectivity index (χ1v) is 11.1. The Morgan fingerprint density at radius 1 is 1.27 bits per heavy atom. The lowest BCUT2D eigenvalue weighted by molar-refractivity contribution is -0.160. The van der Waals surface area contributed by atoms with Gasteiger partial charge in [-0.25, -0.2) is 9.59 Å². The number of aliphatic hydroxyl groups is 1. The number of fused-ring (bicyclic) bond motifs is 2. The molecule has 2 heterocycles. The van der Waals surface area contributed by atoms with Gasteiger partial charge in [0.2, 0.25) is 0 Å². The minimum absolute atomic E-state index is 0.0939. The summed E-state index contributed by atoms with van der Waals surface area (Å²) in [4.78, 5) is 24.1. The first kappa shape index (κ1) is 21.0. The fourth-order valence-corrected chi connectivity index (χ4v) is 6.02. The Morgan fingerprint density at radius 3 is 2.67 bits per heavy atom. The molecule has 4 rings (SSSR count). The summed E-state index contributed by atoms with van der Waals surface area (Å²) in [5, 5.41) is 11.1. The van der Waals surface area contributed by atoms with Gasteiger partial charge in [-0.05, 0) is 70.8 Å². The van der Waals surface area contributed by atoms with E-state index in [0.717, 1.165) is 31.3 Å². The van der Waals surface area contributed by atoms with E-state index in [2.05, 4.69) is 32.9 Å². The molecule has 0 aromatic heterocycles. The maximum Gasteiger partial charge on any atom is 0.338 e. The monoisotopic (exact) mass is 412 g/mol. The van der Waals surface area contributed by atoms with Crippen LogP contribution in [-0.2, 0) is 19.1 Å². The van der Waals surface area contributed by atoms with Crippen LogP contribution >= 0.6 is 0 Å². The van der Waals surface area contributed by atoms with Gasteiger partial charge in [0.25, 0.3) is 0 Å².